The third kappa shape index (κ3) is 29.5. The van der Waals surface area contributed by atoms with Crippen LogP contribution in [0.2, 0.25) is 10.0 Å². The molecule has 0 radical (unpaired) electrons. The van der Waals surface area contributed by atoms with E-state index in [4.69, 9.17) is 62.6 Å². The van der Waals surface area contributed by atoms with Crippen LogP contribution < -0.4 is 30.7 Å². The first kappa shape index (κ1) is 100. The average molecular weight is 2030 g/mol. The average Bonchev–Trinajstić information content (AvgIpc) is 0.806. The van der Waals surface area contributed by atoms with E-state index in [2.05, 4.69) is 103 Å². The van der Waals surface area contributed by atoms with E-state index in [1.165, 1.54) is 91.0 Å². The molecule has 140 heavy (non-hydrogen) atoms. The van der Waals surface area contributed by atoms with Crippen LogP contribution in [-0.4, -0.2) is 127 Å². The van der Waals surface area contributed by atoms with Crippen LogP contribution in [0.1, 0.15) is 53.7 Å². The van der Waals surface area contributed by atoms with Crippen molar-refractivity contribution in [2.75, 3.05) is 53.3 Å². The van der Waals surface area contributed by atoms with Gasteiger partial charge in [-0.15, -0.1) is 20.5 Å². The first-order valence-corrected chi connectivity index (χ1v) is 49.7. The third-order valence-electron chi connectivity index (χ3n) is 19.3. The zero-order chi connectivity index (χ0) is 99.1. The topological polar surface area (TPSA) is 614 Å². The Bertz CT molecular complexity index is 7820. The first-order chi connectivity index (χ1) is 67.0. The summed E-state index contributed by atoms with van der Waals surface area (Å²) in [5, 5.41) is 80.9. The molecule has 14 rings (SSSR count). The highest BCUT2D eigenvalue weighted by Crippen LogP contribution is 2.43. The van der Waals surface area contributed by atoms with Gasteiger partial charge in [0.1, 0.15) is 55.7 Å². The molecular weight excluding hydrogens is 1950 g/mol. The van der Waals surface area contributed by atoms with Gasteiger partial charge in [-0.3, -0.25) is 22.8 Å². The maximum Gasteiger partial charge on any atom is 0.296 e. The van der Waals surface area contributed by atoms with Crippen molar-refractivity contribution in [3.8, 4) is 11.5 Å². The van der Waals surface area contributed by atoms with Crippen molar-refractivity contribution in [1.82, 2.24) is 29.9 Å². The molecule has 2 heterocycles. The number of anilines is 6. The van der Waals surface area contributed by atoms with Gasteiger partial charge in [-0.1, -0.05) is 78.7 Å². The zero-order valence-corrected chi connectivity index (χ0v) is 79.0. The Hall–Kier alpha value is -15.6. The molecule has 50 heteroatoms. The van der Waals surface area contributed by atoms with Gasteiger partial charge < -0.3 is 30.7 Å². The predicted octanol–water partition coefficient (Wildman–Crippen LogP) is 24.9. The van der Waals surface area contributed by atoms with Gasteiger partial charge >= 0.3 is 0 Å². The summed E-state index contributed by atoms with van der Waals surface area (Å²) >= 11 is 14.0. The number of benzene rings is 12. The van der Waals surface area contributed by atoms with Crippen molar-refractivity contribution in [2.45, 2.75) is 66.0 Å². The summed E-state index contributed by atoms with van der Waals surface area (Å²) in [6.45, 7) is 5.49. The molecule has 0 saturated heterocycles. The summed E-state index contributed by atoms with van der Waals surface area (Å²) in [6.07, 6.45) is 0.332. The Morgan fingerprint density at radius 3 is 1.16 bits per heavy atom. The molecule has 0 atom stereocenters. The van der Waals surface area contributed by atoms with E-state index in [1.807, 2.05) is 13.8 Å². The second-order valence-electron chi connectivity index (χ2n) is 29.9. The molecule has 0 aliphatic rings. The quantitative estimate of drug-likeness (QED) is 0.00976. The normalized spacial score (nSPS) is 12.4. The van der Waals surface area contributed by atoms with Gasteiger partial charge in [-0.25, -0.2) is 4.98 Å². The number of ether oxygens (including phenoxy) is 2. The largest absolute Gasteiger partial charge is 0.493 e. The molecule has 0 aliphatic carbocycles. The van der Waals surface area contributed by atoms with Gasteiger partial charge in [0, 0.05) is 49.3 Å². The van der Waals surface area contributed by atoms with E-state index in [9.17, 15) is 64.9 Å². The Labute approximate surface area is 810 Å². The summed E-state index contributed by atoms with van der Waals surface area (Å²) < 4.78 is 183. The maximum absolute atomic E-state index is 12.8. The van der Waals surface area contributed by atoms with Gasteiger partial charge in [-0.2, -0.15) is 128 Å². The van der Waals surface area contributed by atoms with Crippen LogP contribution in [-0.2, 0) is 63.4 Å². The molecule has 2 aromatic heterocycles. The number of aryl methyl sites for hydroxylation is 2. The number of nitrogens with zero attached hydrogens (tertiary/aromatic N) is 22. The van der Waals surface area contributed by atoms with Crippen molar-refractivity contribution in [1.29, 1.82) is 0 Å². The Morgan fingerprint density at radius 2 is 0.700 bits per heavy atom. The van der Waals surface area contributed by atoms with E-state index in [-0.39, 0.29) is 152 Å². The van der Waals surface area contributed by atoms with Gasteiger partial charge in [0.25, 0.3) is 50.6 Å². The first-order valence-electron chi connectivity index (χ1n) is 41.6. The molecule has 12 aromatic carbocycles. The van der Waals surface area contributed by atoms with Gasteiger partial charge in [0.15, 0.2) is 0 Å². The number of azo groups is 8. The number of aromatic nitrogens is 6. The zero-order valence-electron chi connectivity index (χ0n) is 73.4. The smallest absolute Gasteiger partial charge is 0.296 e. The molecule has 0 bridgehead atoms. The summed E-state index contributed by atoms with van der Waals surface area (Å²) in [5.41, 5.74) is 7.01. The van der Waals surface area contributed by atoms with Crippen molar-refractivity contribution in [2.24, 2.45) is 81.8 Å². The molecular formula is C90H78Cl2N26O17S5. The van der Waals surface area contributed by atoms with Crippen LogP contribution in [0.3, 0.4) is 0 Å². The van der Waals surface area contributed by atoms with E-state index >= 15 is 0 Å². The SMILES string of the molecule is CCCOc1cc(N=Nc2ccc(N=Nc3ccccc3)cc2S(=O)(=O)O)c(Cl)cc1Nc1nc(NCCNc2nc(Cc3ccc(N=Nc4ccc(N=Nc5ccccc5)cc4S(=O)(=O)O)c(C)c3)nc(Cc3cc(Cl)c(N=Nc4ccc(N=Nc5ccc(S(=O)(=O)O)cc5)cc4)cc3OCCCS(=O)(=O)O)n2)nc(Nc2ccc(N=Nc3ccc(N=Nc4ccc(S(=O)(=O)O)cc4)cc3)c(C)c2)n1. The van der Waals surface area contributed by atoms with Crippen molar-refractivity contribution < 1.29 is 74.3 Å². The summed E-state index contributed by atoms with van der Waals surface area (Å²) in [6, 6.07) is 64.7. The molecule has 0 saturated carbocycles. The molecule has 0 aliphatic heterocycles. The van der Waals surface area contributed by atoms with Crippen LogP contribution in [0.15, 0.2) is 356 Å². The maximum atomic E-state index is 12.8. The lowest BCUT2D eigenvalue weighted by Gasteiger charge is -2.16. The van der Waals surface area contributed by atoms with Crippen LogP contribution >= 0.6 is 23.2 Å². The molecule has 0 unspecified atom stereocenters. The molecule has 714 valence electrons. The van der Waals surface area contributed by atoms with E-state index in [0.717, 1.165) is 12.1 Å². The fourth-order valence-electron chi connectivity index (χ4n) is 12.6. The lowest BCUT2D eigenvalue weighted by molar-refractivity contribution is 0.313. The predicted molar refractivity (Wildman–Crippen MR) is 521 cm³/mol. The fourth-order valence-corrected chi connectivity index (χ4v) is 15.7. The minimum absolute atomic E-state index is 0.00524. The molecule has 43 nitrogen and oxygen atoms in total. The lowest BCUT2D eigenvalue weighted by Crippen LogP contribution is -2.19. The molecule has 9 N–H and O–H groups in total. The Balaban J connectivity index is 0.756. The Morgan fingerprint density at radius 1 is 0.329 bits per heavy atom. The highest BCUT2D eigenvalue weighted by Gasteiger charge is 2.24. The number of hydrogen-bond acceptors (Lipinski definition) is 38. The third-order valence-corrected chi connectivity index (χ3v) is 24.2. The second-order valence-corrected chi connectivity index (χ2v) is 37.9. The van der Waals surface area contributed by atoms with Crippen LogP contribution in [0.4, 0.5) is 126 Å². The monoisotopic (exact) mass is 2020 g/mol. The fraction of sp³-hybridized carbons (Fsp3) is 0.133. The number of nitrogens with one attached hydrogen (secondary N) is 4. The van der Waals surface area contributed by atoms with Crippen LogP contribution in [0.25, 0.3) is 0 Å². The molecule has 0 fully saturated rings. The number of halogens is 2. The molecule has 0 spiro atoms. The summed E-state index contributed by atoms with van der Waals surface area (Å²) in [5.74, 6) is 0.0746. The highest BCUT2D eigenvalue weighted by atomic mass is 35.5. The Kier molecular flexibility index (Phi) is 32.7. The second kappa shape index (κ2) is 45.6. The van der Waals surface area contributed by atoms with Gasteiger partial charge in [-0.05, 0) is 238 Å². The van der Waals surface area contributed by atoms with Crippen molar-refractivity contribution >= 4 is 200 Å². The van der Waals surface area contributed by atoms with E-state index in [1.54, 1.807) is 159 Å². The summed E-state index contributed by atoms with van der Waals surface area (Å²) in [4.78, 5) is 27.1. The minimum atomic E-state index is -4.91. The summed E-state index contributed by atoms with van der Waals surface area (Å²) in [7, 11) is -23.0. The highest BCUT2D eigenvalue weighted by molar-refractivity contribution is 7.87. The standard InChI is InChI=1S/C90H78Cl2N26O17S5/c1-4-42-134-82-54-79(118-116-77-39-31-69(51-84(77)140(131,132)133)112-104-60-14-9-6-10-15-60)73(92)52-80(82)96-90-101-88(100-89(102-90)95-67-29-37-75(56(3)46-67)113-109-63-21-17-61(18-22-63)105-107-65-25-32-70(33-26-65)137(122,123)124)94-41-40-93-87-98-85(47-57-16-36-74(55(2)45-57)114-115-76-38-30-68(50-83(76)139(128,129)130)111-103-59-12-7-5-8-13-59)97-86(99-87)49-58-48-72(91)78(53-81(58)135-43-11-44-136(119,120)121)117-110-64-23-19-62(20-24-64)106-108-66-27-34-71(35-28-66)138(125,126)127/h5-10,12-39,45-46,48,50-54H,4,11,40-44,47,49H2,1-3H3,(H,119,120,121)(H,122,123,124)(H,125,126,127)(H,128,129,130)(H,131,132,133)(H,93,97,98,99)(H3,94,95,96,100,101,102). The molecule has 14 aromatic rings. The van der Waals surface area contributed by atoms with Gasteiger partial charge in [0.05, 0.1) is 113 Å². The number of hydrogen-bond donors (Lipinski definition) is 9. The number of rotatable bonds is 41. The van der Waals surface area contributed by atoms with Gasteiger partial charge in [0.2, 0.25) is 23.8 Å². The molecule has 0 amide bonds. The van der Waals surface area contributed by atoms with Crippen LogP contribution in [0.5, 0.6) is 11.5 Å². The van der Waals surface area contributed by atoms with E-state index < -0.39 is 66.1 Å². The van der Waals surface area contributed by atoms with Crippen molar-refractivity contribution in [3.05, 3.63) is 299 Å². The van der Waals surface area contributed by atoms with Crippen LogP contribution in [0, 0.1) is 13.8 Å². The van der Waals surface area contributed by atoms with E-state index in [0.29, 0.717) is 91.2 Å². The lowest BCUT2D eigenvalue weighted by atomic mass is 10.1. The van der Waals surface area contributed by atoms with Crippen molar-refractivity contribution in [3.63, 3.8) is 0 Å². The minimum Gasteiger partial charge on any atom is -0.493 e.